The predicted octanol–water partition coefficient (Wildman–Crippen LogP) is 3.66. The van der Waals surface area contributed by atoms with Crippen molar-refractivity contribution in [2.75, 3.05) is 13.1 Å². The van der Waals surface area contributed by atoms with E-state index >= 15 is 0 Å². The lowest BCUT2D eigenvalue weighted by molar-refractivity contribution is -0.137. The second-order valence-electron chi connectivity index (χ2n) is 6.48. The first kappa shape index (κ1) is 20.3. The number of alkyl halides is 3. The molecule has 5 nitrogen and oxygen atoms in total. The molecule has 0 aliphatic carbocycles. The molecule has 150 valence electrons. The smallest absolute Gasteiger partial charge is 0.379 e. The monoisotopic (exact) mass is 413 g/mol. The average molecular weight is 413 g/mol. The highest BCUT2D eigenvalue weighted by Gasteiger charge is 2.32. The van der Waals surface area contributed by atoms with Crippen LogP contribution in [0, 0.1) is 5.92 Å². The quantitative estimate of drug-likeness (QED) is 0.598. The number of hydrogen-bond acceptors (Lipinski definition) is 5. The van der Waals surface area contributed by atoms with E-state index in [0.717, 1.165) is 31.3 Å². The van der Waals surface area contributed by atoms with Crippen LogP contribution in [-0.2, 0) is 16.3 Å². The molecular weight excluding hydrogens is 395 g/mol. The van der Waals surface area contributed by atoms with E-state index in [-0.39, 0.29) is 17.5 Å². The van der Waals surface area contributed by atoms with E-state index in [4.69, 9.17) is 4.18 Å². The number of carbonyl (C=O) groups excluding carboxylic acids is 1. The fourth-order valence-corrected chi connectivity index (χ4v) is 3.99. The Hall–Kier alpha value is -2.39. The summed E-state index contributed by atoms with van der Waals surface area (Å²) in [6.45, 7) is 1.47. The molecule has 0 bridgehead atoms. The molecule has 1 N–H and O–H groups in total. The minimum absolute atomic E-state index is 0.108. The Balaban J connectivity index is 1.82. The first-order valence-electron chi connectivity index (χ1n) is 8.63. The fourth-order valence-electron chi connectivity index (χ4n) is 3.02. The third kappa shape index (κ3) is 4.71. The van der Waals surface area contributed by atoms with E-state index in [0.29, 0.717) is 24.5 Å². The van der Waals surface area contributed by atoms with Gasteiger partial charge in [-0.15, -0.1) is 0 Å². The highest BCUT2D eigenvalue weighted by molar-refractivity contribution is 7.87. The molecule has 3 rings (SSSR count). The molecule has 0 saturated carbocycles. The zero-order valence-corrected chi connectivity index (χ0v) is 15.5. The first-order valence-corrected chi connectivity index (χ1v) is 10.0. The molecule has 0 atom stereocenters. The second kappa shape index (κ2) is 7.92. The normalized spacial score (nSPS) is 16.0. The van der Waals surface area contributed by atoms with Crippen molar-refractivity contribution in [3.63, 3.8) is 0 Å². The van der Waals surface area contributed by atoms with Crippen LogP contribution in [0.1, 0.15) is 28.8 Å². The summed E-state index contributed by atoms with van der Waals surface area (Å²) in [6.07, 6.45) is -3.30. The number of hydrogen-bond donors (Lipinski definition) is 1. The van der Waals surface area contributed by atoms with Gasteiger partial charge in [-0.2, -0.15) is 21.6 Å². The van der Waals surface area contributed by atoms with Gasteiger partial charge >= 0.3 is 16.3 Å². The van der Waals surface area contributed by atoms with Crippen molar-refractivity contribution in [2.45, 2.75) is 23.9 Å². The molecule has 9 heteroatoms. The van der Waals surface area contributed by atoms with Gasteiger partial charge in [0.2, 0.25) is 0 Å². The summed E-state index contributed by atoms with van der Waals surface area (Å²) in [4.78, 5) is 12.0. The number of benzene rings is 2. The highest BCUT2D eigenvalue weighted by atomic mass is 32.2. The van der Waals surface area contributed by atoms with Crippen molar-refractivity contribution in [1.29, 1.82) is 0 Å². The summed E-state index contributed by atoms with van der Waals surface area (Å²) >= 11 is 0. The van der Waals surface area contributed by atoms with Gasteiger partial charge in [0.25, 0.3) is 0 Å². The van der Waals surface area contributed by atoms with Crippen LogP contribution in [0.2, 0.25) is 0 Å². The molecule has 1 aliphatic rings. The summed E-state index contributed by atoms with van der Waals surface area (Å²) in [7, 11) is -4.48. The van der Waals surface area contributed by atoms with Crippen LogP contribution >= 0.6 is 0 Å². The minimum atomic E-state index is -4.67. The van der Waals surface area contributed by atoms with Crippen molar-refractivity contribution >= 4 is 15.9 Å². The average Bonchev–Trinajstić information content (AvgIpc) is 2.67. The number of ketones is 1. The molecule has 1 saturated heterocycles. The molecule has 0 radical (unpaired) electrons. The number of halogens is 3. The Labute approximate surface area is 160 Å². The number of piperidine rings is 1. The van der Waals surface area contributed by atoms with Crippen LogP contribution < -0.4 is 9.50 Å². The molecule has 0 unspecified atom stereocenters. The van der Waals surface area contributed by atoms with Crippen molar-refractivity contribution in [3.05, 3.63) is 59.7 Å². The summed E-state index contributed by atoms with van der Waals surface area (Å²) in [5.41, 5.74) is -0.782. The van der Waals surface area contributed by atoms with Crippen molar-refractivity contribution < 1.29 is 30.6 Å². The molecule has 1 heterocycles. The Morgan fingerprint density at radius 3 is 2.39 bits per heavy atom. The second-order valence-corrected chi connectivity index (χ2v) is 8.03. The van der Waals surface area contributed by atoms with Gasteiger partial charge in [0, 0.05) is 11.5 Å². The Bertz CT molecular complexity index is 967. The van der Waals surface area contributed by atoms with E-state index < -0.39 is 26.8 Å². The summed E-state index contributed by atoms with van der Waals surface area (Å²) in [5.74, 6) is -0.391. The molecule has 2 aromatic rings. The molecule has 0 spiro atoms. The maximum absolute atomic E-state index is 12.8. The molecule has 0 aromatic heterocycles. The van der Waals surface area contributed by atoms with E-state index in [1.807, 2.05) is 0 Å². The lowest BCUT2D eigenvalue weighted by atomic mass is 9.89. The van der Waals surface area contributed by atoms with Crippen molar-refractivity contribution in [1.82, 2.24) is 5.32 Å². The molecule has 0 amide bonds. The van der Waals surface area contributed by atoms with Gasteiger partial charge in [-0.25, -0.2) is 0 Å². The molecule has 2 aromatic carbocycles. The third-order valence-electron chi connectivity index (χ3n) is 4.48. The topological polar surface area (TPSA) is 72.5 Å². The van der Waals surface area contributed by atoms with Gasteiger partial charge in [-0.1, -0.05) is 18.2 Å². The summed E-state index contributed by atoms with van der Waals surface area (Å²) in [5, 5.41) is 3.16. The van der Waals surface area contributed by atoms with Gasteiger partial charge < -0.3 is 9.50 Å². The number of nitrogens with one attached hydrogen (secondary N) is 1. The zero-order chi connectivity index (χ0) is 20.4. The van der Waals surface area contributed by atoms with Crippen molar-refractivity contribution in [2.24, 2.45) is 5.92 Å². The largest absolute Gasteiger partial charge is 0.416 e. The number of rotatable bonds is 5. The number of Topliss-reactive ketones (excluding diaryl/α,β-unsaturated/α-hetero) is 1. The fraction of sp³-hybridized carbons (Fsp3) is 0.316. The third-order valence-corrected chi connectivity index (χ3v) is 5.73. The van der Waals surface area contributed by atoms with Gasteiger partial charge in [-0.3, -0.25) is 4.79 Å². The molecule has 28 heavy (non-hydrogen) atoms. The SMILES string of the molecule is O=C(c1cccc(OS(=O)(=O)c2cccc(C(F)(F)F)c2)c1)C1CCNCC1. The molecule has 1 fully saturated rings. The van der Waals surface area contributed by atoms with Gasteiger partial charge in [-0.05, 0) is 56.3 Å². The van der Waals surface area contributed by atoms with Crippen LogP contribution in [0.15, 0.2) is 53.4 Å². The van der Waals surface area contributed by atoms with Gasteiger partial charge in [0.1, 0.15) is 10.6 Å². The summed E-state index contributed by atoms with van der Waals surface area (Å²) in [6, 6.07) is 8.99. The molecule has 1 aliphatic heterocycles. The zero-order valence-electron chi connectivity index (χ0n) is 14.7. The van der Waals surface area contributed by atoms with Crippen LogP contribution in [0.5, 0.6) is 5.75 Å². The minimum Gasteiger partial charge on any atom is -0.379 e. The van der Waals surface area contributed by atoms with E-state index in [1.54, 1.807) is 6.07 Å². The maximum Gasteiger partial charge on any atom is 0.416 e. The standard InChI is InChI=1S/C19H18F3NO4S/c20-19(21,22)15-4-2-6-17(12-15)28(25,26)27-16-5-1-3-14(11-16)18(24)13-7-9-23-10-8-13/h1-6,11-13,23H,7-10H2. The summed E-state index contributed by atoms with van der Waals surface area (Å²) < 4.78 is 68.2. The maximum atomic E-state index is 12.8. The van der Waals surface area contributed by atoms with Crippen molar-refractivity contribution in [3.8, 4) is 5.75 Å². The van der Waals surface area contributed by atoms with E-state index in [2.05, 4.69) is 5.32 Å². The Morgan fingerprint density at radius 1 is 1.04 bits per heavy atom. The Kier molecular flexibility index (Phi) is 5.76. The van der Waals surface area contributed by atoms with Gasteiger partial charge in [0.15, 0.2) is 5.78 Å². The lowest BCUT2D eigenvalue weighted by Gasteiger charge is -2.21. The van der Waals surface area contributed by atoms with Crippen LogP contribution in [0.4, 0.5) is 13.2 Å². The first-order chi connectivity index (χ1) is 13.2. The van der Waals surface area contributed by atoms with Crippen LogP contribution in [0.3, 0.4) is 0 Å². The number of carbonyl (C=O) groups is 1. The van der Waals surface area contributed by atoms with Crippen LogP contribution in [0.25, 0.3) is 0 Å². The van der Waals surface area contributed by atoms with E-state index in [9.17, 15) is 26.4 Å². The predicted molar refractivity (Wildman–Crippen MR) is 95.6 cm³/mol. The van der Waals surface area contributed by atoms with Gasteiger partial charge in [0.05, 0.1) is 5.56 Å². The Morgan fingerprint density at radius 2 is 1.71 bits per heavy atom. The highest BCUT2D eigenvalue weighted by Crippen LogP contribution is 2.31. The van der Waals surface area contributed by atoms with Crippen LogP contribution in [-0.4, -0.2) is 27.3 Å². The lowest BCUT2D eigenvalue weighted by Crippen LogP contribution is -2.31. The van der Waals surface area contributed by atoms with E-state index in [1.165, 1.54) is 18.2 Å². The molecular formula is C19H18F3NO4S.